The van der Waals surface area contributed by atoms with E-state index in [1.807, 2.05) is 61.5 Å². The maximum atomic E-state index is 12.8. The normalized spacial score (nSPS) is 11.5. The van der Waals surface area contributed by atoms with E-state index in [2.05, 4.69) is 30.8 Å². The summed E-state index contributed by atoms with van der Waals surface area (Å²) in [6.45, 7) is 6.34. The number of ether oxygens (including phenoxy) is 3. The summed E-state index contributed by atoms with van der Waals surface area (Å²) < 4.78 is 16.6. The SMILES string of the molecule is C=CC(=O)OCCCCCCOc1ccc(-c2ccc(C(=O)O[C@@H](C)c3ccc4ccccc4c3)cc2)cc1. The van der Waals surface area contributed by atoms with Crippen LogP contribution in [0.5, 0.6) is 5.75 Å². The molecule has 5 heteroatoms. The number of rotatable bonds is 13. The van der Waals surface area contributed by atoms with E-state index >= 15 is 0 Å². The average Bonchev–Trinajstić information content (AvgIpc) is 2.98. The number of hydrogen-bond donors (Lipinski definition) is 0. The molecule has 1 atom stereocenters. The summed E-state index contributed by atoms with van der Waals surface area (Å²) in [6.07, 6.45) is 4.61. The number of unbranched alkanes of at least 4 members (excludes halogenated alkanes) is 3. The lowest BCUT2D eigenvalue weighted by molar-refractivity contribution is -0.137. The van der Waals surface area contributed by atoms with E-state index in [1.165, 1.54) is 6.08 Å². The fraction of sp³-hybridized carbons (Fsp3) is 0.235. The predicted molar refractivity (Wildman–Crippen MR) is 155 cm³/mol. The van der Waals surface area contributed by atoms with Gasteiger partial charge in [-0.3, -0.25) is 0 Å². The molecular formula is C34H34O5. The Morgan fingerprint density at radius 3 is 2.10 bits per heavy atom. The molecule has 0 aliphatic rings. The van der Waals surface area contributed by atoms with E-state index in [4.69, 9.17) is 14.2 Å². The van der Waals surface area contributed by atoms with Crippen LogP contribution in [0.15, 0.2) is 104 Å². The van der Waals surface area contributed by atoms with Crippen LogP contribution in [0.4, 0.5) is 0 Å². The van der Waals surface area contributed by atoms with Crippen LogP contribution in [0.1, 0.15) is 54.6 Å². The largest absolute Gasteiger partial charge is 0.494 e. The van der Waals surface area contributed by atoms with E-state index in [9.17, 15) is 9.59 Å². The molecule has 0 heterocycles. The molecule has 0 bridgehead atoms. The Hall–Kier alpha value is -4.38. The summed E-state index contributed by atoms with van der Waals surface area (Å²) in [5.74, 6) is 0.105. The monoisotopic (exact) mass is 522 g/mol. The first-order valence-corrected chi connectivity index (χ1v) is 13.4. The van der Waals surface area contributed by atoms with Crippen molar-refractivity contribution in [3.05, 3.63) is 115 Å². The minimum atomic E-state index is -0.373. The van der Waals surface area contributed by atoms with E-state index in [0.717, 1.165) is 58.9 Å². The van der Waals surface area contributed by atoms with Gasteiger partial charge in [0.2, 0.25) is 0 Å². The zero-order valence-corrected chi connectivity index (χ0v) is 22.3. The van der Waals surface area contributed by atoms with Crippen molar-refractivity contribution in [1.29, 1.82) is 0 Å². The van der Waals surface area contributed by atoms with Crippen molar-refractivity contribution >= 4 is 22.7 Å². The van der Waals surface area contributed by atoms with Gasteiger partial charge >= 0.3 is 11.9 Å². The topological polar surface area (TPSA) is 61.8 Å². The van der Waals surface area contributed by atoms with Gasteiger partial charge in [0.15, 0.2) is 0 Å². The van der Waals surface area contributed by atoms with Gasteiger partial charge in [-0.1, -0.05) is 67.2 Å². The number of benzene rings is 4. The summed E-state index contributed by atoms with van der Waals surface area (Å²) in [7, 11) is 0. The Kier molecular flexibility index (Phi) is 9.90. The molecule has 4 aromatic rings. The molecule has 0 radical (unpaired) electrons. The number of fused-ring (bicyclic) bond motifs is 1. The Bertz CT molecular complexity index is 1390. The summed E-state index contributed by atoms with van der Waals surface area (Å²) in [4.78, 5) is 23.8. The lowest BCUT2D eigenvalue weighted by Gasteiger charge is -2.15. The van der Waals surface area contributed by atoms with Gasteiger partial charge in [0.05, 0.1) is 18.8 Å². The molecule has 0 amide bonds. The molecule has 0 saturated heterocycles. The van der Waals surface area contributed by atoms with Crippen LogP contribution in [0.25, 0.3) is 21.9 Å². The van der Waals surface area contributed by atoms with Crippen molar-refractivity contribution < 1.29 is 23.8 Å². The zero-order chi connectivity index (χ0) is 27.5. The number of esters is 2. The second-order valence-electron chi connectivity index (χ2n) is 9.39. The lowest BCUT2D eigenvalue weighted by atomic mass is 10.0. The Morgan fingerprint density at radius 1 is 0.769 bits per heavy atom. The van der Waals surface area contributed by atoms with E-state index in [1.54, 1.807) is 12.1 Å². The minimum absolute atomic E-state index is 0.344. The van der Waals surface area contributed by atoms with Gasteiger partial charge in [-0.2, -0.15) is 0 Å². The molecule has 0 saturated carbocycles. The van der Waals surface area contributed by atoms with Crippen molar-refractivity contribution in [2.24, 2.45) is 0 Å². The highest BCUT2D eigenvalue weighted by atomic mass is 16.5. The smallest absolute Gasteiger partial charge is 0.338 e. The van der Waals surface area contributed by atoms with Gasteiger partial charge in [-0.25, -0.2) is 9.59 Å². The first kappa shape index (κ1) is 27.6. The van der Waals surface area contributed by atoms with Crippen LogP contribution < -0.4 is 4.74 Å². The summed E-state index contributed by atoms with van der Waals surface area (Å²) in [5.41, 5.74) is 3.54. The van der Waals surface area contributed by atoms with Crippen LogP contribution in [0.2, 0.25) is 0 Å². The first-order chi connectivity index (χ1) is 19.0. The molecule has 0 spiro atoms. The van der Waals surface area contributed by atoms with E-state index < -0.39 is 0 Å². The van der Waals surface area contributed by atoms with Gasteiger partial charge in [0.1, 0.15) is 11.9 Å². The predicted octanol–water partition coefficient (Wildman–Crippen LogP) is 8.09. The molecular weight excluding hydrogens is 488 g/mol. The molecule has 39 heavy (non-hydrogen) atoms. The third kappa shape index (κ3) is 8.05. The highest BCUT2D eigenvalue weighted by Crippen LogP contribution is 2.26. The summed E-state index contributed by atoms with van der Waals surface area (Å²) in [5, 5.41) is 2.28. The fourth-order valence-corrected chi connectivity index (χ4v) is 4.28. The van der Waals surface area contributed by atoms with Gasteiger partial charge in [0.25, 0.3) is 0 Å². The van der Waals surface area contributed by atoms with Crippen molar-refractivity contribution in [3.8, 4) is 16.9 Å². The molecule has 0 unspecified atom stereocenters. The second-order valence-corrected chi connectivity index (χ2v) is 9.39. The zero-order valence-electron chi connectivity index (χ0n) is 22.3. The molecule has 0 aromatic heterocycles. The molecule has 200 valence electrons. The summed E-state index contributed by atoms with van der Waals surface area (Å²) in [6, 6.07) is 29.7. The quantitative estimate of drug-likeness (QED) is 0.101. The third-order valence-electron chi connectivity index (χ3n) is 6.55. The Morgan fingerprint density at radius 2 is 1.41 bits per heavy atom. The maximum Gasteiger partial charge on any atom is 0.338 e. The van der Waals surface area contributed by atoms with Gasteiger partial charge in [0, 0.05) is 6.08 Å². The molecule has 0 aliphatic heterocycles. The van der Waals surface area contributed by atoms with Gasteiger partial charge < -0.3 is 14.2 Å². The van der Waals surface area contributed by atoms with Gasteiger partial charge in [-0.15, -0.1) is 0 Å². The number of hydrogen-bond acceptors (Lipinski definition) is 5. The number of carbonyl (C=O) groups is 2. The van der Waals surface area contributed by atoms with Crippen molar-refractivity contribution in [2.45, 2.75) is 38.7 Å². The number of carbonyl (C=O) groups excluding carboxylic acids is 2. The molecule has 0 N–H and O–H groups in total. The van der Waals surface area contributed by atoms with Gasteiger partial charge in [-0.05, 0) is 90.4 Å². The molecule has 0 aliphatic carbocycles. The fourth-order valence-electron chi connectivity index (χ4n) is 4.28. The highest BCUT2D eigenvalue weighted by Gasteiger charge is 2.14. The van der Waals surface area contributed by atoms with Crippen LogP contribution >= 0.6 is 0 Å². The molecule has 4 aromatic carbocycles. The van der Waals surface area contributed by atoms with Crippen LogP contribution in [0, 0.1) is 0 Å². The third-order valence-corrected chi connectivity index (χ3v) is 6.55. The second kappa shape index (κ2) is 14.0. The van der Waals surface area contributed by atoms with Crippen molar-refractivity contribution in [3.63, 3.8) is 0 Å². The Labute approximate surface area is 230 Å². The van der Waals surface area contributed by atoms with Crippen LogP contribution in [-0.2, 0) is 14.3 Å². The standard InChI is InChI=1S/C34H34O5/c1-3-33(35)38-23-9-5-4-8-22-37-32-20-18-28(19-21-32)27-12-15-29(16-13-27)34(36)39-25(2)30-17-14-26-10-6-7-11-31(26)24-30/h3,6-7,10-21,24-25H,1,4-5,8-9,22-23H2,2H3/t25-/m0/s1. The van der Waals surface area contributed by atoms with Crippen LogP contribution in [-0.4, -0.2) is 25.2 Å². The van der Waals surface area contributed by atoms with Crippen molar-refractivity contribution in [2.75, 3.05) is 13.2 Å². The van der Waals surface area contributed by atoms with Crippen molar-refractivity contribution in [1.82, 2.24) is 0 Å². The highest BCUT2D eigenvalue weighted by molar-refractivity contribution is 5.90. The minimum Gasteiger partial charge on any atom is -0.494 e. The van der Waals surface area contributed by atoms with Crippen LogP contribution in [0.3, 0.4) is 0 Å². The molecule has 4 rings (SSSR count). The first-order valence-electron chi connectivity index (χ1n) is 13.4. The molecule has 0 fully saturated rings. The van der Waals surface area contributed by atoms with E-state index in [0.29, 0.717) is 18.8 Å². The average molecular weight is 523 g/mol. The summed E-state index contributed by atoms with van der Waals surface area (Å²) >= 11 is 0. The molecule has 5 nitrogen and oxygen atoms in total. The maximum absolute atomic E-state index is 12.8. The Balaban J connectivity index is 1.22. The van der Waals surface area contributed by atoms with E-state index in [-0.39, 0.29) is 18.0 Å². The lowest BCUT2D eigenvalue weighted by Crippen LogP contribution is -2.09.